The molecule has 0 saturated heterocycles. The van der Waals surface area contributed by atoms with Gasteiger partial charge in [0.15, 0.2) is 0 Å². The molecule has 1 rings (SSSR count). The largest absolute Gasteiger partial charge is 0.392 e. The lowest BCUT2D eigenvalue weighted by Gasteiger charge is -2.27. The lowest BCUT2D eigenvalue weighted by atomic mass is 10.2. The second-order valence-corrected chi connectivity index (χ2v) is 4.66. The van der Waals surface area contributed by atoms with Crippen LogP contribution in [0.5, 0.6) is 0 Å². The van der Waals surface area contributed by atoms with Gasteiger partial charge in [-0.05, 0) is 32.9 Å². The lowest BCUT2D eigenvalue weighted by Crippen LogP contribution is -2.41. The van der Waals surface area contributed by atoms with Crippen LogP contribution in [0.2, 0.25) is 5.15 Å². The Morgan fingerprint density at radius 3 is 2.53 bits per heavy atom. The molecule has 0 aromatic carbocycles. The zero-order valence-corrected chi connectivity index (χ0v) is 11.0. The Kier molecular flexibility index (Phi) is 4.90. The van der Waals surface area contributed by atoms with Crippen molar-refractivity contribution < 1.29 is 9.90 Å². The summed E-state index contributed by atoms with van der Waals surface area (Å²) in [6.07, 6.45) is 0.892. The highest BCUT2D eigenvalue weighted by atomic mass is 35.5. The quantitative estimate of drug-likeness (QED) is 0.838. The van der Waals surface area contributed by atoms with Gasteiger partial charge in [0.25, 0.3) is 5.91 Å². The molecule has 0 aliphatic rings. The Bertz CT molecular complexity index is 377. The fourth-order valence-electron chi connectivity index (χ4n) is 1.48. The normalized spacial score (nSPS) is 12.6. The van der Waals surface area contributed by atoms with E-state index in [0.29, 0.717) is 17.3 Å². The number of carbonyl (C=O) groups excluding carboxylic acids is 1. The van der Waals surface area contributed by atoms with Gasteiger partial charge in [0, 0.05) is 18.8 Å². The molecule has 94 valence electrons. The standard InChI is InChI=1S/C12H17ClN2O2/c1-8(2)15(7-9(3)16)12(17)10-4-5-11(13)14-6-10/h4-6,8-9,16H,7H2,1-3H3. The second-order valence-electron chi connectivity index (χ2n) is 4.27. The zero-order chi connectivity index (χ0) is 13.0. The summed E-state index contributed by atoms with van der Waals surface area (Å²) < 4.78 is 0. The molecule has 4 nitrogen and oxygen atoms in total. The number of amides is 1. The maximum absolute atomic E-state index is 12.2. The third-order valence-corrected chi connectivity index (χ3v) is 2.54. The molecule has 1 aromatic rings. The first-order chi connectivity index (χ1) is 7.91. The van der Waals surface area contributed by atoms with Crippen LogP contribution in [0, 0.1) is 0 Å². The Morgan fingerprint density at radius 2 is 2.12 bits per heavy atom. The number of nitrogens with zero attached hydrogens (tertiary/aromatic N) is 2. The van der Waals surface area contributed by atoms with Crippen LogP contribution in [0.4, 0.5) is 0 Å². The molecular formula is C12H17ClN2O2. The van der Waals surface area contributed by atoms with Gasteiger partial charge < -0.3 is 10.0 Å². The van der Waals surface area contributed by atoms with E-state index in [4.69, 9.17) is 11.6 Å². The summed E-state index contributed by atoms with van der Waals surface area (Å²) in [7, 11) is 0. The van der Waals surface area contributed by atoms with E-state index in [1.807, 2.05) is 13.8 Å². The predicted molar refractivity (Wildman–Crippen MR) is 67.1 cm³/mol. The molecule has 0 aliphatic heterocycles. The van der Waals surface area contributed by atoms with Crippen molar-refractivity contribution in [1.29, 1.82) is 0 Å². The Labute approximate surface area is 106 Å². The van der Waals surface area contributed by atoms with Gasteiger partial charge in [-0.15, -0.1) is 0 Å². The highest BCUT2D eigenvalue weighted by molar-refractivity contribution is 6.29. The van der Waals surface area contributed by atoms with Crippen LogP contribution < -0.4 is 0 Å². The Balaban J connectivity index is 2.88. The van der Waals surface area contributed by atoms with Crippen molar-refractivity contribution in [3.63, 3.8) is 0 Å². The molecule has 1 amide bonds. The van der Waals surface area contributed by atoms with E-state index < -0.39 is 6.10 Å². The first-order valence-electron chi connectivity index (χ1n) is 5.52. The fraction of sp³-hybridized carbons (Fsp3) is 0.500. The number of hydrogen-bond acceptors (Lipinski definition) is 3. The monoisotopic (exact) mass is 256 g/mol. The van der Waals surface area contributed by atoms with Gasteiger partial charge in [0.2, 0.25) is 0 Å². The van der Waals surface area contributed by atoms with Crippen molar-refractivity contribution in [2.45, 2.75) is 32.9 Å². The summed E-state index contributed by atoms with van der Waals surface area (Å²) in [5.74, 6) is -0.148. The van der Waals surface area contributed by atoms with Gasteiger partial charge in [-0.25, -0.2) is 4.98 Å². The number of aliphatic hydroxyl groups excluding tert-OH is 1. The summed E-state index contributed by atoms with van der Waals surface area (Å²) in [6, 6.07) is 3.23. The molecule has 0 fully saturated rings. The van der Waals surface area contributed by atoms with Crippen LogP contribution in [0.1, 0.15) is 31.1 Å². The molecule has 5 heteroatoms. The summed E-state index contributed by atoms with van der Waals surface area (Å²) in [5, 5.41) is 9.74. The average Bonchev–Trinajstić information content (AvgIpc) is 2.25. The number of pyridine rings is 1. The lowest BCUT2D eigenvalue weighted by molar-refractivity contribution is 0.0578. The Hall–Kier alpha value is -1.13. The minimum atomic E-state index is -0.554. The maximum atomic E-state index is 12.2. The maximum Gasteiger partial charge on any atom is 0.255 e. The molecule has 0 bridgehead atoms. The molecule has 1 heterocycles. The minimum absolute atomic E-state index is 0.0211. The van der Waals surface area contributed by atoms with Crippen LogP contribution in [0.25, 0.3) is 0 Å². The second kappa shape index (κ2) is 5.98. The van der Waals surface area contributed by atoms with Gasteiger partial charge in [-0.1, -0.05) is 11.6 Å². The molecule has 17 heavy (non-hydrogen) atoms. The SMILES string of the molecule is CC(O)CN(C(=O)c1ccc(Cl)nc1)C(C)C. The van der Waals surface area contributed by atoms with Crippen LogP contribution in [0.15, 0.2) is 18.3 Å². The molecule has 1 aromatic heterocycles. The topological polar surface area (TPSA) is 53.4 Å². The van der Waals surface area contributed by atoms with Crippen LogP contribution >= 0.6 is 11.6 Å². The first kappa shape index (κ1) is 13.9. The van der Waals surface area contributed by atoms with Crippen molar-refractivity contribution in [3.05, 3.63) is 29.0 Å². The number of rotatable bonds is 4. The molecule has 1 N–H and O–H groups in total. The van der Waals surface area contributed by atoms with E-state index in [2.05, 4.69) is 4.98 Å². The van der Waals surface area contributed by atoms with E-state index in [1.165, 1.54) is 6.20 Å². The number of aliphatic hydroxyl groups is 1. The average molecular weight is 257 g/mol. The summed E-state index contributed by atoms with van der Waals surface area (Å²) in [4.78, 5) is 17.6. The van der Waals surface area contributed by atoms with Crippen LogP contribution in [-0.2, 0) is 0 Å². The van der Waals surface area contributed by atoms with Gasteiger partial charge in [0.1, 0.15) is 5.15 Å². The molecule has 0 aliphatic carbocycles. The van der Waals surface area contributed by atoms with Gasteiger partial charge in [0.05, 0.1) is 11.7 Å². The zero-order valence-electron chi connectivity index (χ0n) is 10.2. The molecule has 0 saturated carbocycles. The molecule has 1 atom stereocenters. The third kappa shape index (κ3) is 3.98. The van der Waals surface area contributed by atoms with E-state index in [1.54, 1.807) is 24.0 Å². The predicted octanol–water partition coefficient (Wildman–Crippen LogP) is 1.97. The van der Waals surface area contributed by atoms with Crippen LogP contribution in [0.3, 0.4) is 0 Å². The van der Waals surface area contributed by atoms with Gasteiger partial charge in [-0.3, -0.25) is 4.79 Å². The molecule has 0 spiro atoms. The highest BCUT2D eigenvalue weighted by Crippen LogP contribution is 2.11. The molecule has 1 unspecified atom stereocenters. The Morgan fingerprint density at radius 1 is 1.47 bits per heavy atom. The number of halogens is 1. The van der Waals surface area contributed by atoms with Crippen molar-refractivity contribution in [2.24, 2.45) is 0 Å². The highest BCUT2D eigenvalue weighted by Gasteiger charge is 2.20. The summed E-state index contributed by atoms with van der Waals surface area (Å²) in [5.41, 5.74) is 0.476. The van der Waals surface area contributed by atoms with Gasteiger partial charge in [-0.2, -0.15) is 0 Å². The molecule has 0 radical (unpaired) electrons. The smallest absolute Gasteiger partial charge is 0.255 e. The van der Waals surface area contributed by atoms with E-state index in [9.17, 15) is 9.90 Å². The van der Waals surface area contributed by atoms with Gasteiger partial charge >= 0.3 is 0 Å². The molecular weight excluding hydrogens is 240 g/mol. The third-order valence-electron chi connectivity index (χ3n) is 2.32. The number of aromatic nitrogens is 1. The van der Waals surface area contributed by atoms with Crippen molar-refractivity contribution in [1.82, 2.24) is 9.88 Å². The number of carbonyl (C=O) groups is 1. The summed E-state index contributed by atoms with van der Waals surface area (Å²) in [6.45, 7) is 5.77. The first-order valence-corrected chi connectivity index (χ1v) is 5.90. The fourth-order valence-corrected chi connectivity index (χ4v) is 1.59. The van der Waals surface area contributed by atoms with Crippen molar-refractivity contribution in [2.75, 3.05) is 6.54 Å². The van der Waals surface area contributed by atoms with Crippen molar-refractivity contribution >= 4 is 17.5 Å². The van der Waals surface area contributed by atoms with E-state index >= 15 is 0 Å². The number of hydrogen-bond donors (Lipinski definition) is 1. The van der Waals surface area contributed by atoms with Crippen molar-refractivity contribution in [3.8, 4) is 0 Å². The van der Waals surface area contributed by atoms with Crippen LogP contribution in [-0.4, -0.2) is 39.6 Å². The summed E-state index contributed by atoms with van der Waals surface area (Å²) >= 11 is 5.67. The minimum Gasteiger partial charge on any atom is -0.392 e. The van der Waals surface area contributed by atoms with E-state index in [0.717, 1.165) is 0 Å². The van der Waals surface area contributed by atoms with E-state index in [-0.39, 0.29) is 11.9 Å².